The fraction of sp³-hybridized carbons (Fsp3) is 0.368. The summed E-state index contributed by atoms with van der Waals surface area (Å²) >= 11 is 0. The predicted octanol–water partition coefficient (Wildman–Crippen LogP) is 5.12. The molecule has 2 aromatic rings. The molecule has 0 saturated carbocycles. The first-order chi connectivity index (χ1) is 10.1. The van der Waals surface area contributed by atoms with Gasteiger partial charge in [0.25, 0.3) is 0 Å². The number of hydrogen-bond acceptors (Lipinski definition) is 1. The molecule has 2 aromatic carbocycles. The molecule has 0 aliphatic carbocycles. The highest BCUT2D eigenvalue weighted by atomic mass is 19.1. The number of hydrogen-bond donors (Lipinski definition) is 1. The Balaban J connectivity index is 2.15. The fourth-order valence-electron chi connectivity index (χ4n) is 2.33. The molecule has 21 heavy (non-hydrogen) atoms. The second kappa shape index (κ2) is 7.37. The standard InChI is InChI=1S/C19H24FN/c1-4-11-21-13-18-10-9-17(12-19(18)20)16-7-5-15(6-8-16)14(2)3/h5-10,12,14,21H,4,11,13H2,1-3H3. The SMILES string of the molecule is CCCNCc1ccc(-c2ccc(C(C)C)cc2)cc1F. The van der Waals surface area contributed by atoms with Crippen molar-refractivity contribution in [3.8, 4) is 11.1 Å². The minimum atomic E-state index is -0.135. The van der Waals surface area contributed by atoms with Crippen molar-refractivity contribution in [1.82, 2.24) is 5.32 Å². The van der Waals surface area contributed by atoms with E-state index in [1.54, 1.807) is 6.07 Å². The summed E-state index contributed by atoms with van der Waals surface area (Å²) in [5.41, 5.74) is 4.03. The summed E-state index contributed by atoms with van der Waals surface area (Å²) in [4.78, 5) is 0. The van der Waals surface area contributed by atoms with Crippen LogP contribution < -0.4 is 5.32 Å². The number of rotatable bonds is 6. The molecule has 0 heterocycles. The van der Waals surface area contributed by atoms with Crippen LogP contribution in [0.4, 0.5) is 4.39 Å². The number of nitrogens with one attached hydrogen (secondary N) is 1. The van der Waals surface area contributed by atoms with Gasteiger partial charge in [0.15, 0.2) is 0 Å². The summed E-state index contributed by atoms with van der Waals surface area (Å²) in [5, 5.41) is 3.23. The molecule has 0 saturated heterocycles. The summed E-state index contributed by atoms with van der Waals surface area (Å²) in [5.74, 6) is 0.381. The zero-order valence-electron chi connectivity index (χ0n) is 13.1. The van der Waals surface area contributed by atoms with Gasteiger partial charge in [-0.3, -0.25) is 0 Å². The minimum absolute atomic E-state index is 0.135. The zero-order valence-corrected chi connectivity index (χ0v) is 13.1. The van der Waals surface area contributed by atoms with Crippen LogP contribution in [0, 0.1) is 5.82 Å². The van der Waals surface area contributed by atoms with Gasteiger partial charge in [0, 0.05) is 12.1 Å². The van der Waals surface area contributed by atoms with E-state index in [1.165, 1.54) is 5.56 Å². The number of benzene rings is 2. The Kier molecular flexibility index (Phi) is 5.51. The van der Waals surface area contributed by atoms with Crippen LogP contribution in [0.1, 0.15) is 44.2 Å². The van der Waals surface area contributed by atoms with E-state index in [0.717, 1.165) is 29.7 Å². The third-order valence-corrected chi connectivity index (χ3v) is 3.71. The van der Waals surface area contributed by atoms with Crippen molar-refractivity contribution in [2.24, 2.45) is 0 Å². The van der Waals surface area contributed by atoms with E-state index in [1.807, 2.05) is 12.1 Å². The smallest absolute Gasteiger partial charge is 0.128 e. The van der Waals surface area contributed by atoms with Crippen molar-refractivity contribution in [1.29, 1.82) is 0 Å². The Morgan fingerprint density at radius 3 is 2.24 bits per heavy atom. The Morgan fingerprint density at radius 1 is 1.00 bits per heavy atom. The highest BCUT2D eigenvalue weighted by molar-refractivity contribution is 5.64. The molecule has 0 radical (unpaired) electrons. The normalized spacial score (nSPS) is 11.1. The fourth-order valence-corrected chi connectivity index (χ4v) is 2.33. The lowest BCUT2D eigenvalue weighted by molar-refractivity contribution is 0.587. The average molecular weight is 285 g/mol. The lowest BCUT2D eigenvalue weighted by Gasteiger charge is -2.09. The zero-order chi connectivity index (χ0) is 15.2. The Labute approximate surface area is 127 Å². The summed E-state index contributed by atoms with van der Waals surface area (Å²) in [6.45, 7) is 7.96. The highest BCUT2D eigenvalue weighted by Gasteiger charge is 2.06. The summed E-state index contributed by atoms with van der Waals surface area (Å²) in [6.07, 6.45) is 1.06. The van der Waals surface area contributed by atoms with Gasteiger partial charge in [0.1, 0.15) is 5.82 Å². The van der Waals surface area contributed by atoms with Crippen molar-refractivity contribution in [2.45, 2.75) is 39.7 Å². The van der Waals surface area contributed by atoms with Gasteiger partial charge < -0.3 is 5.32 Å². The van der Waals surface area contributed by atoms with Gasteiger partial charge in [-0.2, -0.15) is 0 Å². The molecule has 1 N–H and O–H groups in total. The van der Waals surface area contributed by atoms with Gasteiger partial charge in [0.05, 0.1) is 0 Å². The molecule has 0 aromatic heterocycles. The molecular weight excluding hydrogens is 261 g/mol. The second-order valence-electron chi connectivity index (χ2n) is 5.76. The molecule has 2 rings (SSSR count). The second-order valence-corrected chi connectivity index (χ2v) is 5.76. The van der Waals surface area contributed by atoms with Crippen LogP contribution in [0.5, 0.6) is 0 Å². The molecule has 0 spiro atoms. The molecule has 2 heteroatoms. The van der Waals surface area contributed by atoms with Crippen molar-refractivity contribution >= 4 is 0 Å². The Hall–Kier alpha value is -1.67. The lowest BCUT2D eigenvalue weighted by atomic mass is 9.98. The van der Waals surface area contributed by atoms with E-state index in [0.29, 0.717) is 12.5 Å². The molecular formula is C19H24FN. The van der Waals surface area contributed by atoms with Gasteiger partial charge >= 0.3 is 0 Å². The van der Waals surface area contributed by atoms with Gasteiger partial charge in [-0.05, 0) is 41.6 Å². The van der Waals surface area contributed by atoms with Crippen LogP contribution >= 0.6 is 0 Å². The molecule has 0 aliphatic rings. The molecule has 1 nitrogen and oxygen atoms in total. The van der Waals surface area contributed by atoms with Crippen LogP contribution in [-0.2, 0) is 6.54 Å². The van der Waals surface area contributed by atoms with E-state index in [9.17, 15) is 4.39 Å². The lowest BCUT2D eigenvalue weighted by Crippen LogP contribution is -2.14. The quantitative estimate of drug-likeness (QED) is 0.727. The van der Waals surface area contributed by atoms with Crippen LogP contribution in [0.15, 0.2) is 42.5 Å². The van der Waals surface area contributed by atoms with Crippen molar-refractivity contribution in [2.75, 3.05) is 6.54 Å². The Morgan fingerprint density at radius 2 is 1.67 bits per heavy atom. The van der Waals surface area contributed by atoms with Crippen LogP contribution in [-0.4, -0.2) is 6.54 Å². The molecule has 0 bridgehead atoms. The van der Waals surface area contributed by atoms with E-state index < -0.39 is 0 Å². The average Bonchev–Trinajstić information content (AvgIpc) is 2.49. The summed E-state index contributed by atoms with van der Waals surface area (Å²) < 4.78 is 14.1. The van der Waals surface area contributed by atoms with Crippen LogP contribution in [0.2, 0.25) is 0 Å². The molecule has 0 aliphatic heterocycles. The van der Waals surface area contributed by atoms with E-state index in [2.05, 4.69) is 50.4 Å². The van der Waals surface area contributed by atoms with Crippen LogP contribution in [0.3, 0.4) is 0 Å². The maximum absolute atomic E-state index is 14.1. The first kappa shape index (κ1) is 15.7. The monoisotopic (exact) mass is 285 g/mol. The van der Waals surface area contributed by atoms with Crippen molar-refractivity contribution in [3.63, 3.8) is 0 Å². The molecule has 0 fully saturated rings. The van der Waals surface area contributed by atoms with E-state index in [-0.39, 0.29) is 5.82 Å². The van der Waals surface area contributed by atoms with Crippen molar-refractivity contribution in [3.05, 3.63) is 59.4 Å². The molecule has 0 atom stereocenters. The van der Waals surface area contributed by atoms with Gasteiger partial charge in [-0.15, -0.1) is 0 Å². The van der Waals surface area contributed by atoms with E-state index >= 15 is 0 Å². The van der Waals surface area contributed by atoms with Crippen molar-refractivity contribution < 1.29 is 4.39 Å². The topological polar surface area (TPSA) is 12.0 Å². The largest absolute Gasteiger partial charge is 0.313 e. The van der Waals surface area contributed by atoms with Gasteiger partial charge in [-0.1, -0.05) is 57.2 Å². The highest BCUT2D eigenvalue weighted by Crippen LogP contribution is 2.24. The van der Waals surface area contributed by atoms with Gasteiger partial charge in [-0.25, -0.2) is 4.39 Å². The first-order valence-electron chi connectivity index (χ1n) is 7.71. The minimum Gasteiger partial charge on any atom is -0.313 e. The third kappa shape index (κ3) is 4.15. The predicted molar refractivity (Wildman–Crippen MR) is 87.9 cm³/mol. The van der Waals surface area contributed by atoms with E-state index in [4.69, 9.17) is 0 Å². The summed E-state index contributed by atoms with van der Waals surface area (Å²) in [7, 11) is 0. The van der Waals surface area contributed by atoms with Crippen LogP contribution in [0.25, 0.3) is 11.1 Å². The molecule has 0 amide bonds. The molecule has 0 unspecified atom stereocenters. The van der Waals surface area contributed by atoms with Gasteiger partial charge in [0.2, 0.25) is 0 Å². The number of halogens is 1. The Bertz CT molecular complexity index is 573. The first-order valence-corrected chi connectivity index (χ1v) is 7.71. The molecule has 112 valence electrons. The maximum Gasteiger partial charge on any atom is 0.128 e. The maximum atomic E-state index is 14.1. The summed E-state index contributed by atoms with van der Waals surface area (Å²) in [6, 6.07) is 13.9. The third-order valence-electron chi connectivity index (χ3n) is 3.71.